The first-order valence-electron chi connectivity index (χ1n) is 10.6. The van der Waals surface area contributed by atoms with Gasteiger partial charge in [0.05, 0.1) is 10.9 Å². The molecule has 0 aliphatic carbocycles. The molecule has 0 saturated heterocycles. The van der Waals surface area contributed by atoms with Gasteiger partial charge >= 0.3 is 0 Å². The van der Waals surface area contributed by atoms with Crippen molar-refractivity contribution < 1.29 is 9.18 Å². The van der Waals surface area contributed by atoms with Gasteiger partial charge < -0.3 is 4.57 Å². The molecule has 4 aromatic heterocycles. The highest BCUT2D eigenvalue weighted by atomic mass is 32.2. The molecule has 9 nitrogen and oxygen atoms in total. The molecule has 5 rings (SSSR count). The number of nitrogens with one attached hydrogen (secondary N) is 2. The van der Waals surface area contributed by atoms with Gasteiger partial charge in [0.15, 0.2) is 4.34 Å². The molecule has 1 amide bonds. The van der Waals surface area contributed by atoms with Crippen molar-refractivity contribution in [3.63, 3.8) is 0 Å². The number of aromatic nitrogens is 5. The Hall–Kier alpha value is -3.90. The van der Waals surface area contributed by atoms with Crippen LogP contribution in [-0.2, 0) is 12.3 Å². The van der Waals surface area contributed by atoms with Gasteiger partial charge in [-0.25, -0.2) is 9.37 Å². The van der Waals surface area contributed by atoms with Crippen LogP contribution < -0.4 is 16.4 Å². The molecule has 176 valence electrons. The van der Waals surface area contributed by atoms with Gasteiger partial charge in [0, 0.05) is 18.5 Å². The van der Waals surface area contributed by atoms with Crippen LogP contribution in [-0.4, -0.2) is 30.1 Å². The number of hydrogen-bond donors (Lipinski definition) is 2. The Morgan fingerprint density at radius 2 is 2.00 bits per heavy atom. The van der Waals surface area contributed by atoms with E-state index in [1.165, 1.54) is 32.9 Å². The molecule has 0 aliphatic heterocycles. The van der Waals surface area contributed by atoms with Gasteiger partial charge in [0.1, 0.15) is 22.6 Å². The zero-order valence-corrected chi connectivity index (χ0v) is 20.0. The molecule has 0 spiro atoms. The summed E-state index contributed by atoms with van der Waals surface area (Å²) >= 11 is 2.45. The lowest BCUT2D eigenvalue weighted by molar-refractivity contribution is 0.102. The summed E-state index contributed by atoms with van der Waals surface area (Å²) in [5, 5.41) is 19.7. The molecular weight excluding hydrogens is 489 g/mol. The number of thioether (sulfide) groups is 1. The lowest BCUT2D eigenvalue weighted by Gasteiger charge is -2.12. The van der Waals surface area contributed by atoms with Crippen molar-refractivity contribution >= 4 is 50.8 Å². The number of carbonyl (C=O) groups excluding carboxylic acids is 1. The first-order valence-corrected chi connectivity index (χ1v) is 12.4. The summed E-state index contributed by atoms with van der Waals surface area (Å²) in [5.41, 5.74) is 0.966. The predicted octanol–water partition coefficient (Wildman–Crippen LogP) is 3.68. The quantitative estimate of drug-likeness (QED) is 0.206. The van der Waals surface area contributed by atoms with E-state index < -0.39 is 5.91 Å². The first-order chi connectivity index (χ1) is 17.0. The minimum Gasteiger partial charge on any atom is -0.310 e. The second-order valence-corrected chi connectivity index (χ2v) is 9.64. The zero-order valence-electron chi connectivity index (χ0n) is 18.4. The molecule has 4 heterocycles. The van der Waals surface area contributed by atoms with Crippen LogP contribution in [0.1, 0.15) is 22.8 Å². The van der Waals surface area contributed by atoms with E-state index >= 15 is 0 Å². The topological polar surface area (TPSA) is 118 Å². The van der Waals surface area contributed by atoms with Crippen LogP contribution in [0.4, 0.5) is 9.52 Å². The predicted molar refractivity (Wildman–Crippen MR) is 132 cm³/mol. The van der Waals surface area contributed by atoms with E-state index in [4.69, 9.17) is 5.41 Å². The maximum Gasteiger partial charge on any atom is 0.267 e. The van der Waals surface area contributed by atoms with E-state index in [-0.39, 0.29) is 32.9 Å². The fourth-order valence-electron chi connectivity index (χ4n) is 3.61. The van der Waals surface area contributed by atoms with E-state index in [0.717, 1.165) is 11.3 Å². The maximum atomic E-state index is 13.8. The smallest absolute Gasteiger partial charge is 0.267 e. The second kappa shape index (κ2) is 9.39. The van der Waals surface area contributed by atoms with E-state index in [9.17, 15) is 14.0 Å². The van der Waals surface area contributed by atoms with Gasteiger partial charge in [0.25, 0.3) is 11.5 Å². The maximum absolute atomic E-state index is 13.8. The molecule has 35 heavy (non-hydrogen) atoms. The molecule has 0 unspecified atom stereocenters. The van der Waals surface area contributed by atoms with Crippen LogP contribution in [0, 0.1) is 11.2 Å². The minimum absolute atomic E-state index is 0.0184. The number of carbonyl (C=O) groups is 1. The van der Waals surface area contributed by atoms with Gasteiger partial charge in [-0.05, 0) is 36.8 Å². The molecule has 0 radical (unpaired) electrons. The number of benzene rings is 1. The molecule has 1 aromatic carbocycles. The lowest BCUT2D eigenvalue weighted by atomic mass is 10.2. The molecule has 0 bridgehead atoms. The van der Waals surface area contributed by atoms with Crippen molar-refractivity contribution in [2.45, 2.75) is 23.6 Å². The van der Waals surface area contributed by atoms with Crippen molar-refractivity contribution in [1.29, 1.82) is 5.41 Å². The standard InChI is InChI=1S/C23H18FN7O2S2/c1-2-30-18(25)14(11-15-19(30)26-17-9-5-6-10-31(17)21(15)33)20(32)27-22-28-29-23(35-22)34-12-13-7-3-4-8-16(13)24/h3-11,25H,2,12H2,1H3,(H,27,28,32). The van der Waals surface area contributed by atoms with Crippen molar-refractivity contribution in [2.24, 2.45) is 0 Å². The number of pyridine rings is 2. The van der Waals surface area contributed by atoms with Gasteiger partial charge in [0.2, 0.25) is 5.13 Å². The van der Waals surface area contributed by atoms with E-state index in [1.54, 1.807) is 42.6 Å². The fraction of sp³-hybridized carbons (Fsp3) is 0.130. The van der Waals surface area contributed by atoms with Crippen LogP contribution in [0.25, 0.3) is 16.7 Å². The molecule has 5 aromatic rings. The molecular formula is C23H18FN7O2S2. The lowest BCUT2D eigenvalue weighted by Crippen LogP contribution is -2.31. The molecule has 0 fully saturated rings. The number of anilines is 1. The first kappa shape index (κ1) is 22.9. The molecule has 2 N–H and O–H groups in total. The summed E-state index contributed by atoms with van der Waals surface area (Å²) in [6.45, 7) is 2.17. The van der Waals surface area contributed by atoms with Crippen LogP contribution in [0.3, 0.4) is 0 Å². The van der Waals surface area contributed by atoms with Gasteiger partial charge in [-0.2, -0.15) is 0 Å². The minimum atomic E-state index is -0.585. The summed E-state index contributed by atoms with van der Waals surface area (Å²) in [7, 11) is 0. The summed E-state index contributed by atoms with van der Waals surface area (Å²) in [4.78, 5) is 30.7. The summed E-state index contributed by atoms with van der Waals surface area (Å²) in [6.07, 6.45) is 1.61. The number of rotatable bonds is 6. The molecule has 0 aliphatic rings. The van der Waals surface area contributed by atoms with Crippen LogP contribution in [0.5, 0.6) is 0 Å². The number of amides is 1. The largest absolute Gasteiger partial charge is 0.310 e. The third-order valence-corrected chi connectivity index (χ3v) is 7.34. The summed E-state index contributed by atoms with van der Waals surface area (Å²) in [6, 6.07) is 13.1. The highest BCUT2D eigenvalue weighted by Gasteiger charge is 2.18. The van der Waals surface area contributed by atoms with E-state index in [2.05, 4.69) is 20.5 Å². The summed E-state index contributed by atoms with van der Waals surface area (Å²) < 4.78 is 17.3. The number of fused-ring (bicyclic) bond motifs is 2. The van der Waals surface area contributed by atoms with Crippen molar-refractivity contribution in [1.82, 2.24) is 24.1 Å². The second-order valence-electron chi connectivity index (χ2n) is 7.44. The number of halogens is 1. The Kier molecular flexibility index (Phi) is 6.14. The average Bonchev–Trinajstić information content (AvgIpc) is 3.30. The third kappa shape index (κ3) is 4.33. The van der Waals surface area contributed by atoms with Crippen LogP contribution in [0.15, 0.2) is 63.9 Å². The number of nitrogens with zero attached hydrogens (tertiary/aromatic N) is 5. The van der Waals surface area contributed by atoms with Crippen molar-refractivity contribution in [2.75, 3.05) is 5.32 Å². The summed E-state index contributed by atoms with van der Waals surface area (Å²) in [5.74, 6) is -0.503. The molecule has 0 saturated carbocycles. The van der Waals surface area contributed by atoms with Crippen molar-refractivity contribution in [3.05, 3.63) is 87.5 Å². The Morgan fingerprint density at radius 1 is 1.20 bits per heavy atom. The fourth-order valence-corrected chi connectivity index (χ4v) is 5.34. The Morgan fingerprint density at radius 3 is 2.80 bits per heavy atom. The average molecular weight is 508 g/mol. The number of aryl methyl sites for hydroxylation is 1. The third-order valence-electron chi connectivity index (χ3n) is 5.32. The van der Waals surface area contributed by atoms with Gasteiger partial charge in [-0.3, -0.25) is 24.7 Å². The molecule has 0 atom stereocenters. The SMILES string of the molecule is CCn1c(=N)c(C(=O)Nc2nnc(SCc3ccccc3F)s2)cc2c(=O)n3ccccc3nc21. The number of hydrogen-bond acceptors (Lipinski definition) is 8. The highest BCUT2D eigenvalue weighted by molar-refractivity contribution is 8.00. The Balaban J connectivity index is 1.44. The van der Waals surface area contributed by atoms with Gasteiger partial charge in [-0.15, -0.1) is 10.2 Å². The molecule has 12 heteroatoms. The normalized spacial score (nSPS) is 11.3. The van der Waals surface area contributed by atoms with Crippen molar-refractivity contribution in [3.8, 4) is 0 Å². The monoisotopic (exact) mass is 507 g/mol. The van der Waals surface area contributed by atoms with Gasteiger partial charge in [-0.1, -0.05) is 47.4 Å². The Labute approximate surface area is 205 Å². The Bertz CT molecular complexity index is 1710. The van der Waals surface area contributed by atoms with E-state index in [1.807, 2.05) is 6.92 Å². The highest BCUT2D eigenvalue weighted by Crippen LogP contribution is 2.29. The van der Waals surface area contributed by atoms with Crippen LogP contribution in [0.2, 0.25) is 0 Å². The zero-order chi connectivity index (χ0) is 24.5. The van der Waals surface area contributed by atoms with E-state index in [0.29, 0.717) is 33.5 Å². The van der Waals surface area contributed by atoms with Crippen LogP contribution >= 0.6 is 23.1 Å².